The van der Waals surface area contributed by atoms with E-state index in [9.17, 15) is 18.0 Å². The van der Waals surface area contributed by atoms with Gasteiger partial charge in [-0.15, -0.1) is 0 Å². The van der Waals surface area contributed by atoms with E-state index in [0.717, 1.165) is 18.7 Å². The van der Waals surface area contributed by atoms with Crippen molar-refractivity contribution in [3.63, 3.8) is 0 Å². The van der Waals surface area contributed by atoms with Crippen LogP contribution in [0.5, 0.6) is 0 Å². The number of rotatable bonds is 4. The molecule has 26 heavy (non-hydrogen) atoms. The Morgan fingerprint density at radius 3 is 2.35 bits per heavy atom. The van der Waals surface area contributed by atoms with Gasteiger partial charge in [-0.25, -0.2) is 4.98 Å². The van der Waals surface area contributed by atoms with Crippen molar-refractivity contribution in [3.05, 3.63) is 23.9 Å². The number of carbonyl (C=O) groups excluding carboxylic acids is 1. The molecule has 4 nitrogen and oxygen atoms in total. The predicted octanol–water partition coefficient (Wildman–Crippen LogP) is 4.11. The fourth-order valence-corrected chi connectivity index (χ4v) is 3.89. The number of hydrogen-bond donors (Lipinski definition) is 0. The smallest absolute Gasteiger partial charge is 0.353 e. The van der Waals surface area contributed by atoms with Crippen LogP contribution in [0.2, 0.25) is 0 Å². The lowest BCUT2D eigenvalue weighted by atomic mass is 9.86. The lowest BCUT2D eigenvalue weighted by Gasteiger charge is -2.35. The summed E-state index contributed by atoms with van der Waals surface area (Å²) >= 11 is 0. The molecule has 0 spiro atoms. The number of hydrogen-bond acceptors (Lipinski definition) is 3. The topological polar surface area (TPSA) is 36.4 Å². The monoisotopic (exact) mass is 369 g/mol. The maximum Gasteiger partial charge on any atom is 0.417 e. The molecule has 1 saturated heterocycles. The van der Waals surface area contributed by atoms with Gasteiger partial charge in [-0.3, -0.25) is 4.79 Å². The van der Waals surface area contributed by atoms with Gasteiger partial charge in [0.25, 0.3) is 0 Å². The van der Waals surface area contributed by atoms with Crippen molar-refractivity contribution in [1.82, 2.24) is 9.88 Å². The molecule has 0 unspecified atom stereocenters. The molecule has 0 N–H and O–H groups in total. The summed E-state index contributed by atoms with van der Waals surface area (Å²) in [6.45, 7) is 2.42. The van der Waals surface area contributed by atoms with Gasteiger partial charge in [-0.1, -0.05) is 32.1 Å². The minimum absolute atomic E-state index is 0.204. The summed E-state index contributed by atoms with van der Waals surface area (Å²) < 4.78 is 37.8. The average molecular weight is 369 g/mol. The second-order valence-corrected chi connectivity index (χ2v) is 7.31. The molecule has 2 fully saturated rings. The van der Waals surface area contributed by atoms with Crippen LogP contribution < -0.4 is 4.90 Å². The van der Waals surface area contributed by atoms with Crippen LogP contribution in [0.1, 0.15) is 50.5 Å². The van der Waals surface area contributed by atoms with Crippen molar-refractivity contribution in [3.8, 4) is 0 Å². The second-order valence-electron chi connectivity index (χ2n) is 7.31. The van der Waals surface area contributed by atoms with Crippen LogP contribution in [0.4, 0.5) is 19.0 Å². The number of anilines is 1. The number of piperazine rings is 1. The molecule has 0 atom stereocenters. The Bertz CT molecular complexity index is 589. The van der Waals surface area contributed by atoms with Crippen LogP contribution in [0.3, 0.4) is 0 Å². The lowest BCUT2D eigenvalue weighted by Crippen LogP contribution is -2.49. The first kappa shape index (κ1) is 19.0. The van der Waals surface area contributed by atoms with Gasteiger partial charge in [0.2, 0.25) is 5.91 Å². The van der Waals surface area contributed by atoms with Crippen LogP contribution in [0.25, 0.3) is 0 Å². The molecule has 144 valence electrons. The first-order valence-electron chi connectivity index (χ1n) is 9.49. The van der Waals surface area contributed by atoms with Crippen molar-refractivity contribution in [2.45, 2.75) is 51.1 Å². The summed E-state index contributed by atoms with van der Waals surface area (Å²) in [4.78, 5) is 20.2. The van der Waals surface area contributed by atoms with Crippen molar-refractivity contribution < 1.29 is 18.0 Å². The van der Waals surface area contributed by atoms with E-state index in [2.05, 4.69) is 4.98 Å². The highest BCUT2D eigenvalue weighted by atomic mass is 19.4. The fourth-order valence-electron chi connectivity index (χ4n) is 3.89. The third kappa shape index (κ3) is 4.89. The predicted molar refractivity (Wildman–Crippen MR) is 93.8 cm³/mol. The molecule has 1 saturated carbocycles. The van der Waals surface area contributed by atoms with Crippen molar-refractivity contribution in [2.75, 3.05) is 31.1 Å². The van der Waals surface area contributed by atoms with Crippen molar-refractivity contribution in [2.24, 2.45) is 5.92 Å². The normalized spacial score (nSPS) is 19.7. The zero-order chi connectivity index (χ0) is 18.6. The minimum atomic E-state index is -4.37. The number of halogens is 3. The molecule has 1 aromatic heterocycles. The number of nitrogens with zero attached hydrogens (tertiary/aromatic N) is 3. The van der Waals surface area contributed by atoms with Gasteiger partial charge < -0.3 is 9.80 Å². The molecule has 2 heterocycles. The molecule has 1 aliphatic heterocycles. The van der Waals surface area contributed by atoms with Crippen molar-refractivity contribution >= 4 is 11.7 Å². The molecule has 1 amide bonds. The van der Waals surface area contributed by atoms with E-state index in [1.807, 2.05) is 9.80 Å². The highest BCUT2D eigenvalue weighted by Gasteiger charge is 2.31. The summed E-state index contributed by atoms with van der Waals surface area (Å²) in [5, 5.41) is 0. The SMILES string of the molecule is O=C(CCC1CCCCC1)N1CCN(c2ccc(C(F)(F)F)cn2)CC1. The summed E-state index contributed by atoms with van der Waals surface area (Å²) in [5.41, 5.74) is -0.738. The quantitative estimate of drug-likeness (QED) is 0.801. The summed E-state index contributed by atoms with van der Waals surface area (Å²) in [6.07, 6.45) is 4.51. The Kier molecular flexibility index (Phi) is 6.04. The molecule has 7 heteroatoms. The van der Waals surface area contributed by atoms with E-state index in [-0.39, 0.29) is 5.91 Å². The zero-order valence-corrected chi connectivity index (χ0v) is 15.0. The van der Waals surface area contributed by atoms with E-state index in [4.69, 9.17) is 0 Å². The third-order valence-electron chi connectivity index (χ3n) is 5.52. The Morgan fingerprint density at radius 2 is 1.77 bits per heavy atom. The lowest BCUT2D eigenvalue weighted by molar-refractivity contribution is -0.138. The van der Waals surface area contributed by atoms with Crippen LogP contribution >= 0.6 is 0 Å². The first-order valence-corrected chi connectivity index (χ1v) is 9.49. The van der Waals surface area contributed by atoms with Crippen LogP contribution in [0.15, 0.2) is 18.3 Å². The van der Waals surface area contributed by atoms with Crippen molar-refractivity contribution in [1.29, 1.82) is 0 Å². The number of alkyl halides is 3. The molecular formula is C19H26F3N3O. The van der Waals surface area contributed by atoms with E-state index in [1.165, 1.54) is 38.2 Å². The van der Waals surface area contributed by atoms with Gasteiger partial charge in [0.15, 0.2) is 0 Å². The Hall–Kier alpha value is -1.79. The van der Waals surface area contributed by atoms with E-state index < -0.39 is 11.7 Å². The van der Waals surface area contributed by atoms with Crippen LogP contribution in [-0.2, 0) is 11.0 Å². The number of carbonyl (C=O) groups is 1. The van der Waals surface area contributed by atoms with E-state index in [0.29, 0.717) is 44.3 Å². The summed E-state index contributed by atoms with van der Waals surface area (Å²) in [7, 11) is 0. The van der Waals surface area contributed by atoms with E-state index in [1.54, 1.807) is 0 Å². The zero-order valence-electron chi connectivity index (χ0n) is 15.0. The first-order chi connectivity index (χ1) is 12.4. The van der Waals surface area contributed by atoms with Gasteiger partial charge >= 0.3 is 6.18 Å². The highest BCUT2D eigenvalue weighted by Crippen LogP contribution is 2.30. The molecule has 1 aromatic rings. The van der Waals surface area contributed by atoms with Gasteiger partial charge in [0.1, 0.15) is 5.82 Å². The van der Waals surface area contributed by atoms with E-state index >= 15 is 0 Å². The molecule has 0 aromatic carbocycles. The Morgan fingerprint density at radius 1 is 1.08 bits per heavy atom. The summed E-state index contributed by atoms with van der Waals surface area (Å²) in [5.74, 6) is 1.44. The van der Waals surface area contributed by atoms with Crippen LogP contribution in [-0.4, -0.2) is 42.0 Å². The van der Waals surface area contributed by atoms with Crippen LogP contribution in [0, 0.1) is 5.92 Å². The molecule has 1 aliphatic carbocycles. The third-order valence-corrected chi connectivity index (χ3v) is 5.52. The maximum atomic E-state index is 12.6. The summed E-state index contributed by atoms with van der Waals surface area (Å²) in [6, 6.07) is 2.47. The highest BCUT2D eigenvalue weighted by molar-refractivity contribution is 5.76. The molecule has 0 radical (unpaired) electrons. The largest absolute Gasteiger partial charge is 0.417 e. The number of amides is 1. The second kappa shape index (κ2) is 8.27. The van der Waals surface area contributed by atoms with Gasteiger partial charge in [-0.2, -0.15) is 13.2 Å². The standard InChI is InChI=1S/C19H26F3N3O/c20-19(21,22)16-7-8-17(23-14-16)24-10-12-25(13-11-24)18(26)9-6-15-4-2-1-3-5-15/h7-8,14-15H,1-6,9-13H2. The number of pyridine rings is 1. The number of aromatic nitrogens is 1. The molecule has 2 aliphatic rings. The minimum Gasteiger partial charge on any atom is -0.353 e. The average Bonchev–Trinajstić information content (AvgIpc) is 2.66. The van der Waals surface area contributed by atoms with Gasteiger partial charge in [-0.05, 0) is 24.5 Å². The Labute approximate surface area is 152 Å². The molecule has 3 rings (SSSR count). The van der Waals surface area contributed by atoms with Gasteiger partial charge in [0.05, 0.1) is 5.56 Å². The van der Waals surface area contributed by atoms with Gasteiger partial charge in [0, 0.05) is 38.8 Å². The Balaban J connectivity index is 1.45. The molecule has 0 bridgehead atoms. The maximum absolute atomic E-state index is 12.6. The molecular weight excluding hydrogens is 343 g/mol. The fraction of sp³-hybridized carbons (Fsp3) is 0.684.